The number of hydrogen-bond acceptors (Lipinski definition) is 5. The Hall–Kier alpha value is -3.90. The minimum Gasteiger partial charge on any atom is -0.507 e. The van der Waals surface area contributed by atoms with E-state index in [1.807, 2.05) is 56.3 Å². The average Bonchev–Trinajstić information content (AvgIpc) is 3.13. The summed E-state index contributed by atoms with van der Waals surface area (Å²) < 4.78 is 11.0. The molecule has 1 heterocycles. The monoisotopic (exact) mass is 485 g/mol. The lowest BCUT2D eigenvalue weighted by atomic mass is 9.94. The van der Waals surface area contributed by atoms with Gasteiger partial charge in [-0.25, -0.2) is 0 Å². The number of ether oxygens (including phenoxy) is 2. The third kappa shape index (κ3) is 5.50. The summed E-state index contributed by atoms with van der Waals surface area (Å²) in [4.78, 5) is 27.6. The smallest absolute Gasteiger partial charge is 0.295 e. The van der Waals surface area contributed by atoms with E-state index in [4.69, 9.17) is 9.47 Å². The summed E-state index contributed by atoms with van der Waals surface area (Å²) >= 11 is 0. The molecule has 1 atom stereocenters. The Morgan fingerprint density at radius 1 is 0.944 bits per heavy atom. The molecule has 0 aliphatic carbocycles. The highest BCUT2D eigenvalue weighted by atomic mass is 16.5. The molecule has 1 fully saturated rings. The van der Waals surface area contributed by atoms with Crippen molar-refractivity contribution in [2.45, 2.75) is 32.9 Å². The molecule has 1 N–H and O–H groups in total. The van der Waals surface area contributed by atoms with Crippen molar-refractivity contribution in [3.63, 3.8) is 0 Å². The third-order valence-electron chi connectivity index (χ3n) is 6.30. The number of rotatable bonds is 9. The summed E-state index contributed by atoms with van der Waals surface area (Å²) in [6.07, 6.45) is 0.582. The number of carbonyl (C=O) groups excluding carboxylic acids is 2. The van der Waals surface area contributed by atoms with Gasteiger partial charge in [0.25, 0.3) is 11.7 Å². The molecule has 0 saturated carbocycles. The van der Waals surface area contributed by atoms with Gasteiger partial charge in [0.15, 0.2) is 0 Å². The van der Waals surface area contributed by atoms with Gasteiger partial charge in [-0.05, 0) is 55.7 Å². The van der Waals surface area contributed by atoms with Crippen LogP contribution in [-0.2, 0) is 20.9 Å². The van der Waals surface area contributed by atoms with Crippen molar-refractivity contribution in [1.82, 2.24) is 4.90 Å². The Labute approximate surface area is 211 Å². The third-order valence-corrected chi connectivity index (χ3v) is 6.30. The van der Waals surface area contributed by atoms with E-state index < -0.39 is 17.7 Å². The fourth-order valence-electron chi connectivity index (χ4n) is 4.42. The fraction of sp³-hybridized carbons (Fsp3) is 0.267. The van der Waals surface area contributed by atoms with Crippen LogP contribution in [0.3, 0.4) is 0 Å². The quantitative estimate of drug-likeness (QED) is 0.192. The molecule has 186 valence electrons. The Balaban J connectivity index is 1.62. The highest BCUT2D eigenvalue weighted by Gasteiger charge is 2.45. The van der Waals surface area contributed by atoms with E-state index in [1.54, 1.807) is 31.4 Å². The number of amides is 1. The van der Waals surface area contributed by atoms with Gasteiger partial charge >= 0.3 is 0 Å². The largest absolute Gasteiger partial charge is 0.507 e. The van der Waals surface area contributed by atoms with Gasteiger partial charge in [-0.3, -0.25) is 9.59 Å². The summed E-state index contributed by atoms with van der Waals surface area (Å²) in [6, 6.07) is 22.0. The normalized spacial score (nSPS) is 17.0. The molecule has 4 rings (SSSR count). The second-order valence-electron chi connectivity index (χ2n) is 9.05. The van der Waals surface area contributed by atoms with Crippen molar-refractivity contribution in [2.24, 2.45) is 0 Å². The number of benzene rings is 3. The summed E-state index contributed by atoms with van der Waals surface area (Å²) in [5, 5.41) is 11.2. The zero-order valence-electron chi connectivity index (χ0n) is 20.9. The number of carbonyl (C=O) groups is 2. The van der Waals surface area contributed by atoms with Crippen LogP contribution in [0.5, 0.6) is 5.75 Å². The lowest BCUT2D eigenvalue weighted by molar-refractivity contribution is -0.140. The molecule has 1 saturated heterocycles. The van der Waals surface area contributed by atoms with Gasteiger partial charge < -0.3 is 19.5 Å². The van der Waals surface area contributed by atoms with Crippen LogP contribution in [0.4, 0.5) is 0 Å². The lowest BCUT2D eigenvalue weighted by Crippen LogP contribution is -2.31. The van der Waals surface area contributed by atoms with Crippen LogP contribution in [0.2, 0.25) is 0 Å². The number of methoxy groups -OCH3 is 1. The first-order valence-corrected chi connectivity index (χ1v) is 12.0. The number of nitrogens with zero attached hydrogens (tertiary/aromatic N) is 1. The SMILES string of the molecule is COCCCN1C(=O)C(=O)/C(=C(/O)c2ccc(OCc3cccc(C)c3)cc2)C1c1ccc(C)cc1. The summed E-state index contributed by atoms with van der Waals surface area (Å²) in [7, 11) is 1.60. The molecule has 0 radical (unpaired) electrons. The van der Waals surface area contributed by atoms with Crippen LogP contribution in [0.25, 0.3) is 5.76 Å². The van der Waals surface area contributed by atoms with Crippen molar-refractivity contribution >= 4 is 17.4 Å². The van der Waals surface area contributed by atoms with Gasteiger partial charge in [0.1, 0.15) is 18.1 Å². The van der Waals surface area contributed by atoms with Crippen molar-refractivity contribution < 1.29 is 24.2 Å². The molecule has 1 amide bonds. The number of ketones is 1. The first kappa shape index (κ1) is 25.2. The molecule has 1 aliphatic rings. The Morgan fingerprint density at radius 2 is 1.67 bits per heavy atom. The zero-order chi connectivity index (χ0) is 25.7. The first-order chi connectivity index (χ1) is 17.4. The highest BCUT2D eigenvalue weighted by molar-refractivity contribution is 6.46. The number of Topliss-reactive ketones (excluding diaryl/α,β-unsaturated/α-hetero) is 1. The van der Waals surface area contributed by atoms with Crippen LogP contribution in [0.1, 0.15) is 40.3 Å². The molecule has 6 nitrogen and oxygen atoms in total. The molecule has 0 aromatic heterocycles. The van der Waals surface area contributed by atoms with Crippen LogP contribution in [0.15, 0.2) is 78.4 Å². The van der Waals surface area contributed by atoms with Crippen LogP contribution in [0, 0.1) is 13.8 Å². The zero-order valence-corrected chi connectivity index (χ0v) is 20.9. The van der Waals surface area contributed by atoms with E-state index in [0.717, 1.165) is 22.3 Å². The molecule has 3 aromatic carbocycles. The number of hydrogen-bond donors (Lipinski definition) is 1. The minimum atomic E-state index is -0.685. The standard InChI is InChI=1S/C30H31NO5/c1-20-8-10-23(11-9-20)27-26(29(33)30(34)31(27)16-5-17-35-3)28(32)24-12-14-25(15-13-24)36-19-22-7-4-6-21(2)18-22/h4,6-15,18,27,32H,5,16-17,19H2,1-3H3/b28-26+. The maximum atomic E-state index is 13.1. The number of aryl methyl sites for hydroxylation is 2. The molecule has 1 aliphatic heterocycles. The molecular formula is C30H31NO5. The van der Waals surface area contributed by atoms with E-state index in [9.17, 15) is 14.7 Å². The molecule has 36 heavy (non-hydrogen) atoms. The number of likely N-dealkylation sites (tertiary alicyclic amines) is 1. The number of aliphatic hydroxyl groups excluding tert-OH is 1. The van der Waals surface area contributed by atoms with Crippen LogP contribution in [-0.4, -0.2) is 42.0 Å². The average molecular weight is 486 g/mol. The second kappa shape index (κ2) is 11.2. The van der Waals surface area contributed by atoms with Crippen molar-refractivity contribution in [3.05, 3.63) is 106 Å². The predicted molar refractivity (Wildman–Crippen MR) is 139 cm³/mol. The summed E-state index contributed by atoms with van der Waals surface area (Å²) in [6.45, 7) is 5.24. The van der Waals surface area contributed by atoms with Gasteiger partial charge in [0.05, 0.1) is 11.6 Å². The van der Waals surface area contributed by atoms with E-state index >= 15 is 0 Å². The second-order valence-corrected chi connectivity index (χ2v) is 9.05. The van der Waals surface area contributed by atoms with Crippen molar-refractivity contribution in [2.75, 3.05) is 20.3 Å². The van der Waals surface area contributed by atoms with Crippen LogP contribution >= 0.6 is 0 Å². The first-order valence-electron chi connectivity index (χ1n) is 12.0. The molecule has 6 heteroatoms. The Bertz CT molecular complexity index is 1260. The van der Waals surface area contributed by atoms with E-state index in [-0.39, 0.29) is 11.3 Å². The van der Waals surface area contributed by atoms with Gasteiger partial charge in [-0.2, -0.15) is 0 Å². The maximum absolute atomic E-state index is 13.1. The number of aliphatic hydroxyl groups is 1. The topological polar surface area (TPSA) is 76.1 Å². The van der Waals surface area contributed by atoms with Gasteiger partial charge in [0.2, 0.25) is 0 Å². The van der Waals surface area contributed by atoms with E-state index in [0.29, 0.717) is 37.5 Å². The van der Waals surface area contributed by atoms with Crippen LogP contribution < -0.4 is 4.74 Å². The molecule has 1 unspecified atom stereocenters. The molecule has 0 bridgehead atoms. The predicted octanol–water partition coefficient (Wildman–Crippen LogP) is 5.34. The van der Waals surface area contributed by atoms with Gasteiger partial charge in [-0.15, -0.1) is 0 Å². The fourth-order valence-corrected chi connectivity index (χ4v) is 4.42. The Morgan fingerprint density at radius 3 is 2.33 bits per heavy atom. The lowest BCUT2D eigenvalue weighted by Gasteiger charge is -2.25. The molecule has 3 aromatic rings. The Kier molecular flexibility index (Phi) is 7.86. The molecule has 0 spiro atoms. The maximum Gasteiger partial charge on any atom is 0.295 e. The molecular weight excluding hydrogens is 454 g/mol. The van der Waals surface area contributed by atoms with Gasteiger partial charge in [0, 0.05) is 25.8 Å². The van der Waals surface area contributed by atoms with E-state index in [1.165, 1.54) is 4.90 Å². The highest BCUT2D eigenvalue weighted by Crippen LogP contribution is 2.39. The minimum absolute atomic E-state index is 0.0923. The van der Waals surface area contributed by atoms with Crippen molar-refractivity contribution in [1.29, 1.82) is 0 Å². The van der Waals surface area contributed by atoms with Crippen molar-refractivity contribution in [3.8, 4) is 5.75 Å². The van der Waals surface area contributed by atoms with E-state index in [2.05, 4.69) is 6.07 Å². The summed E-state index contributed by atoms with van der Waals surface area (Å²) in [5.41, 5.74) is 4.61. The summed E-state index contributed by atoms with van der Waals surface area (Å²) in [5.74, 6) is -0.854. The van der Waals surface area contributed by atoms with Gasteiger partial charge in [-0.1, -0.05) is 59.7 Å².